The molecule has 3 aliphatic rings. The molecule has 1 unspecified atom stereocenters. The Kier molecular flexibility index (Phi) is 5.30. The third kappa shape index (κ3) is 3.45. The van der Waals surface area contributed by atoms with Gasteiger partial charge < -0.3 is 14.9 Å². The maximum atomic E-state index is 13.6. The van der Waals surface area contributed by atoms with E-state index in [4.69, 9.17) is 0 Å². The van der Waals surface area contributed by atoms with E-state index >= 15 is 0 Å². The van der Waals surface area contributed by atoms with Crippen LogP contribution in [0.3, 0.4) is 0 Å². The highest BCUT2D eigenvalue weighted by molar-refractivity contribution is 6.09. The molecule has 2 heterocycles. The highest BCUT2D eigenvalue weighted by atomic mass is 16.3. The largest absolute Gasteiger partial charge is 0.385 e. The number of anilines is 1. The highest BCUT2D eigenvalue weighted by Crippen LogP contribution is 2.47. The fraction of sp³-hybridized carbons (Fsp3) is 0.462. The summed E-state index contributed by atoms with van der Waals surface area (Å²) in [5, 5.41) is 11.7. The first-order valence-corrected chi connectivity index (χ1v) is 11.5. The minimum absolute atomic E-state index is 0.00113. The number of hydrogen-bond donors (Lipinski definition) is 1. The number of hydrogen-bond acceptors (Lipinski definition) is 3. The van der Waals surface area contributed by atoms with E-state index in [0.717, 1.165) is 36.9 Å². The molecule has 31 heavy (non-hydrogen) atoms. The van der Waals surface area contributed by atoms with Crippen LogP contribution in [0.2, 0.25) is 0 Å². The average molecular weight is 419 g/mol. The van der Waals surface area contributed by atoms with Gasteiger partial charge in [0, 0.05) is 30.7 Å². The number of para-hydroxylation sites is 1. The van der Waals surface area contributed by atoms with Crippen LogP contribution in [-0.2, 0) is 15.2 Å². The monoisotopic (exact) mass is 418 g/mol. The molecule has 2 saturated heterocycles. The Morgan fingerprint density at radius 2 is 1.58 bits per heavy atom. The maximum Gasteiger partial charge on any atom is 0.239 e. The lowest BCUT2D eigenvalue weighted by atomic mass is 9.66. The smallest absolute Gasteiger partial charge is 0.239 e. The van der Waals surface area contributed by atoms with E-state index in [1.54, 1.807) is 4.90 Å². The predicted octanol–water partition coefficient (Wildman–Crippen LogP) is 3.72. The second-order valence-corrected chi connectivity index (χ2v) is 9.20. The lowest BCUT2D eigenvalue weighted by Gasteiger charge is -2.53. The molecule has 2 aromatic rings. The summed E-state index contributed by atoms with van der Waals surface area (Å²) >= 11 is 0. The van der Waals surface area contributed by atoms with E-state index in [9.17, 15) is 14.7 Å². The van der Waals surface area contributed by atoms with Crippen molar-refractivity contribution in [1.82, 2.24) is 4.90 Å². The van der Waals surface area contributed by atoms with Crippen molar-refractivity contribution in [2.24, 2.45) is 11.8 Å². The van der Waals surface area contributed by atoms with Gasteiger partial charge in [-0.25, -0.2) is 0 Å². The van der Waals surface area contributed by atoms with Crippen molar-refractivity contribution >= 4 is 17.5 Å². The molecule has 1 N–H and O–H groups in total. The van der Waals surface area contributed by atoms with Crippen molar-refractivity contribution in [2.45, 2.75) is 50.2 Å². The number of benzene rings is 2. The van der Waals surface area contributed by atoms with Crippen LogP contribution in [0.4, 0.5) is 5.69 Å². The number of carbonyl (C=O) groups is 2. The number of carbonyl (C=O) groups excluding carboxylic acids is 2. The fourth-order valence-electron chi connectivity index (χ4n) is 6.02. The summed E-state index contributed by atoms with van der Waals surface area (Å²) in [6, 6.07) is 19.5. The van der Waals surface area contributed by atoms with E-state index in [2.05, 4.69) is 0 Å². The molecule has 1 saturated carbocycles. The molecule has 5 nitrogen and oxygen atoms in total. The SMILES string of the molecule is O=C1C(C(=O)N2CC[C@](O)(c3ccccc3)[C@H]3CCCC[C@H]32)CCN1c1ccccc1. The van der Waals surface area contributed by atoms with Gasteiger partial charge in [-0.3, -0.25) is 9.59 Å². The first-order valence-electron chi connectivity index (χ1n) is 11.5. The Hall–Kier alpha value is -2.66. The fourth-order valence-corrected chi connectivity index (χ4v) is 6.02. The van der Waals surface area contributed by atoms with Crippen LogP contribution in [0.5, 0.6) is 0 Å². The van der Waals surface area contributed by atoms with Crippen LogP contribution in [0.15, 0.2) is 60.7 Å². The molecule has 3 fully saturated rings. The van der Waals surface area contributed by atoms with Gasteiger partial charge in [0.15, 0.2) is 0 Å². The van der Waals surface area contributed by atoms with Crippen molar-refractivity contribution in [1.29, 1.82) is 0 Å². The Bertz CT molecular complexity index is 948. The van der Waals surface area contributed by atoms with Gasteiger partial charge in [-0.05, 0) is 43.4 Å². The zero-order valence-corrected chi connectivity index (χ0v) is 17.8. The van der Waals surface area contributed by atoms with E-state index in [0.29, 0.717) is 25.9 Å². The standard InChI is InChI=1S/C26H30N2O3/c29-24-21(15-17-27(24)20-11-5-2-6-12-20)25(30)28-18-16-26(31,19-9-3-1-4-10-19)22-13-7-8-14-23(22)28/h1-6,9-12,21-23,31H,7-8,13-18H2/t21?,22-,23+,26-/m0/s1. The van der Waals surface area contributed by atoms with Crippen molar-refractivity contribution in [3.8, 4) is 0 Å². The number of piperidine rings is 1. The number of nitrogens with zero attached hydrogens (tertiary/aromatic N) is 2. The Morgan fingerprint density at radius 3 is 2.32 bits per heavy atom. The van der Waals surface area contributed by atoms with Gasteiger partial charge in [0.25, 0.3) is 0 Å². The zero-order chi connectivity index (χ0) is 21.4. The molecule has 2 aliphatic heterocycles. The van der Waals surface area contributed by atoms with Gasteiger partial charge in [-0.1, -0.05) is 61.4 Å². The van der Waals surface area contributed by atoms with E-state index in [1.807, 2.05) is 65.6 Å². The van der Waals surface area contributed by atoms with Crippen molar-refractivity contribution in [2.75, 3.05) is 18.0 Å². The third-order valence-corrected chi connectivity index (χ3v) is 7.61. The van der Waals surface area contributed by atoms with Gasteiger partial charge in [-0.2, -0.15) is 0 Å². The van der Waals surface area contributed by atoms with Gasteiger partial charge in [0.05, 0.1) is 5.60 Å². The van der Waals surface area contributed by atoms with E-state index < -0.39 is 11.5 Å². The number of fused-ring (bicyclic) bond motifs is 1. The second kappa shape index (κ2) is 8.12. The first-order chi connectivity index (χ1) is 15.1. The van der Waals surface area contributed by atoms with E-state index in [-0.39, 0.29) is 23.8 Å². The maximum absolute atomic E-state index is 13.6. The van der Waals surface area contributed by atoms with Gasteiger partial charge >= 0.3 is 0 Å². The summed E-state index contributed by atoms with van der Waals surface area (Å²) in [7, 11) is 0. The third-order valence-electron chi connectivity index (χ3n) is 7.61. The summed E-state index contributed by atoms with van der Waals surface area (Å²) in [5.41, 5.74) is 0.903. The van der Waals surface area contributed by atoms with Crippen LogP contribution >= 0.6 is 0 Å². The van der Waals surface area contributed by atoms with Crippen molar-refractivity contribution in [3.63, 3.8) is 0 Å². The van der Waals surface area contributed by atoms with Crippen LogP contribution in [0.1, 0.15) is 44.1 Å². The summed E-state index contributed by atoms with van der Waals surface area (Å²) < 4.78 is 0. The Balaban J connectivity index is 1.38. The lowest BCUT2D eigenvalue weighted by molar-refractivity contribution is -0.159. The molecule has 0 aromatic heterocycles. The molecule has 0 spiro atoms. The normalized spacial score (nSPS) is 30.9. The van der Waals surface area contributed by atoms with E-state index in [1.165, 1.54) is 0 Å². The van der Waals surface area contributed by atoms with Crippen LogP contribution in [0.25, 0.3) is 0 Å². The predicted molar refractivity (Wildman–Crippen MR) is 119 cm³/mol. The number of rotatable bonds is 3. The minimum Gasteiger partial charge on any atom is -0.385 e. The van der Waals surface area contributed by atoms with Crippen LogP contribution in [0, 0.1) is 11.8 Å². The van der Waals surface area contributed by atoms with Gasteiger partial charge in [-0.15, -0.1) is 0 Å². The zero-order valence-electron chi connectivity index (χ0n) is 17.8. The highest BCUT2D eigenvalue weighted by Gasteiger charge is 2.52. The van der Waals surface area contributed by atoms with Crippen molar-refractivity contribution < 1.29 is 14.7 Å². The molecular formula is C26H30N2O3. The Labute approximate surface area is 183 Å². The molecule has 2 amide bonds. The number of likely N-dealkylation sites (tertiary alicyclic amines) is 1. The van der Waals surface area contributed by atoms with Crippen LogP contribution in [-0.4, -0.2) is 41.0 Å². The van der Waals surface area contributed by atoms with Crippen molar-refractivity contribution in [3.05, 3.63) is 66.2 Å². The molecule has 0 bridgehead atoms. The molecule has 2 aromatic carbocycles. The van der Waals surface area contributed by atoms with Gasteiger partial charge in [0.2, 0.25) is 11.8 Å². The lowest BCUT2D eigenvalue weighted by Crippen LogP contribution is -2.60. The molecule has 5 heteroatoms. The molecule has 0 radical (unpaired) electrons. The molecule has 1 aliphatic carbocycles. The molecule has 4 atom stereocenters. The molecule has 5 rings (SSSR count). The summed E-state index contributed by atoms with van der Waals surface area (Å²) in [4.78, 5) is 30.4. The average Bonchev–Trinajstić information content (AvgIpc) is 3.21. The minimum atomic E-state index is -0.904. The number of amides is 2. The summed E-state index contributed by atoms with van der Waals surface area (Å²) in [6.07, 6.45) is 5.02. The Morgan fingerprint density at radius 1 is 0.903 bits per heavy atom. The van der Waals surface area contributed by atoms with Crippen LogP contribution < -0.4 is 4.90 Å². The quantitative estimate of drug-likeness (QED) is 0.773. The molecule has 162 valence electrons. The van der Waals surface area contributed by atoms with Gasteiger partial charge in [0.1, 0.15) is 5.92 Å². The first kappa shape index (κ1) is 20.3. The second-order valence-electron chi connectivity index (χ2n) is 9.20. The topological polar surface area (TPSA) is 60.9 Å². The summed E-state index contributed by atoms with van der Waals surface area (Å²) in [5.74, 6) is -0.725. The number of aliphatic hydroxyl groups is 1. The molecular weight excluding hydrogens is 388 g/mol. The summed E-state index contributed by atoms with van der Waals surface area (Å²) in [6.45, 7) is 1.08.